The Labute approximate surface area is 116 Å². The van der Waals surface area contributed by atoms with Crippen molar-refractivity contribution in [1.29, 1.82) is 0 Å². The fourth-order valence-corrected chi connectivity index (χ4v) is 2.01. The van der Waals surface area contributed by atoms with Gasteiger partial charge in [0.25, 0.3) is 0 Å². The summed E-state index contributed by atoms with van der Waals surface area (Å²) < 4.78 is 7.37. The molecule has 0 aliphatic carbocycles. The predicted molar refractivity (Wildman–Crippen MR) is 80.4 cm³/mol. The van der Waals surface area contributed by atoms with E-state index in [0.717, 1.165) is 36.6 Å². The van der Waals surface area contributed by atoms with Gasteiger partial charge in [-0.05, 0) is 19.3 Å². The molecule has 0 saturated heterocycles. The van der Waals surface area contributed by atoms with Crippen molar-refractivity contribution >= 4 is 11.5 Å². The van der Waals surface area contributed by atoms with E-state index in [4.69, 9.17) is 10.5 Å². The van der Waals surface area contributed by atoms with Crippen molar-refractivity contribution in [2.75, 3.05) is 24.3 Å². The van der Waals surface area contributed by atoms with E-state index < -0.39 is 0 Å². The van der Waals surface area contributed by atoms with Crippen molar-refractivity contribution in [3.63, 3.8) is 0 Å². The first-order valence-corrected chi connectivity index (χ1v) is 7.16. The van der Waals surface area contributed by atoms with Crippen LogP contribution in [0.4, 0.5) is 11.5 Å². The second kappa shape index (κ2) is 7.38. The molecule has 0 aliphatic rings. The zero-order valence-corrected chi connectivity index (χ0v) is 12.9. The monoisotopic (exact) mass is 268 g/mol. The lowest BCUT2D eigenvalue weighted by atomic mass is 10.1. The van der Waals surface area contributed by atoms with Crippen molar-refractivity contribution in [2.24, 2.45) is 13.0 Å². The number of nitrogen functional groups attached to an aromatic ring is 1. The second-order valence-electron chi connectivity index (χ2n) is 5.24. The fraction of sp³-hybridized carbons (Fsp3) is 0.786. The molecule has 0 radical (unpaired) electrons. The van der Waals surface area contributed by atoms with Crippen LogP contribution in [0.2, 0.25) is 0 Å². The third-order valence-corrected chi connectivity index (χ3v) is 3.28. The van der Waals surface area contributed by atoms with Crippen molar-refractivity contribution in [3.05, 3.63) is 5.69 Å². The Bertz CT molecular complexity index is 387. The van der Waals surface area contributed by atoms with Gasteiger partial charge in [0.2, 0.25) is 0 Å². The van der Waals surface area contributed by atoms with Crippen LogP contribution in [0, 0.1) is 5.92 Å². The summed E-state index contributed by atoms with van der Waals surface area (Å²) in [4.78, 5) is 0. The van der Waals surface area contributed by atoms with Crippen molar-refractivity contribution in [1.82, 2.24) is 9.78 Å². The maximum atomic E-state index is 6.18. The maximum Gasteiger partial charge on any atom is 0.148 e. The van der Waals surface area contributed by atoms with Gasteiger partial charge >= 0.3 is 0 Å². The van der Waals surface area contributed by atoms with Crippen LogP contribution in [-0.4, -0.2) is 29.0 Å². The molecule has 0 aromatic carbocycles. The molecule has 0 spiro atoms. The van der Waals surface area contributed by atoms with Crippen LogP contribution in [0.25, 0.3) is 0 Å². The molecule has 0 aliphatic heterocycles. The molecule has 0 fully saturated rings. The zero-order chi connectivity index (χ0) is 14.4. The van der Waals surface area contributed by atoms with E-state index in [9.17, 15) is 0 Å². The molecule has 0 bridgehead atoms. The average molecular weight is 268 g/mol. The third kappa shape index (κ3) is 4.13. The van der Waals surface area contributed by atoms with Gasteiger partial charge in [0.05, 0.1) is 24.0 Å². The number of aromatic nitrogens is 2. The number of aryl methyl sites for hydroxylation is 2. The maximum absolute atomic E-state index is 6.18. The van der Waals surface area contributed by atoms with Gasteiger partial charge in [0.1, 0.15) is 5.82 Å². The molecule has 5 heteroatoms. The lowest BCUT2D eigenvalue weighted by Crippen LogP contribution is -2.32. The van der Waals surface area contributed by atoms with E-state index in [1.165, 1.54) is 0 Å². The Morgan fingerprint density at radius 1 is 1.37 bits per heavy atom. The first-order valence-electron chi connectivity index (χ1n) is 7.16. The molecule has 1 aromatic heterocycles. The second-order valence-corrected chi connectivity index (χ2v) is 5.24. The summed E-state index contributed by atoms with van der Waals surface area (Å²) in [7, 11) is 1.93. The van der Waals surface area contributed by atoms with Gasteiger partial charge < -0.3 is 15.8 Å². The van der Waals surface area contributed by atoms with Gasteiger partial charge in [0.15, 0.2) is 0 Å². The van der Waals surface area contributed by atoms with E-state index in [1.807, 2.05) is 18.7 Å². The minimum Gasteiger partial charge on any atom is -0.394 e. The minimum absolute atomic E-state index is 0.243. The van der Waals surface area contributed by atoms with E-state index in [2.05, 4.69) is 31.2 Å². The van der Waals surface area contributed by atoms with Crippen molar-refractivity contribution in [3.8, 4) is 0 Å². The Hall–Kier alpha value is -1.23. The average Bonchev–Trinajstić information content (AvgIpc) is 2.61. The van der Waals surface area contributed by atoms with Crippen LogP contribution in [-0.2, 0) is 18.2 Å². The van der Waals surface area contributed by atoms with E-state index in [1.54, 1.807) is 0 Å². The lowest BCUT2D eigenvalue weighted by molar-refractivity contribution is 0.126. The molecule has 0 saturated carbocycles. The molecule has 3 N–H and O–H groups in total. The summed E-state index contributed by atoms with van der Waals surface area (Å²) in [5.41, 5.74) is 7.93. The summed E-state index contributed by atoms with van der Waals surface area (Å²) in [6.07, 6.45) is 1.96. The van der Waals surface area contributed by atoms with Crippen LogP contribution < -0.4 is 11.1 Å². The number of nitrogens with zero attached hydrogens (tertiary/aromatic N) is 2. The van der Waals surface area contributed by atoms with Crippen molar-refractivity contribution < 1.29 is 4.74 Å². The number of anilines is 2. The Morgan fingerprint density at radius 3 is 2.58 bits per heavy atom. The molecule has 110 valence electrons. The highest BCUT2D eigenvalue weighted by atomic mass is 16.5. The highest BCUT2D eigenvalue weighted by molar-refractivity contribution is 5.65. The number of ether oxygens (including phenoxy) is 1. The Balaban J connectivity index is 2.83. The van der Waals surface area contributed by atoms with Gasteiger partial charge in [-0.1, -0.05) is 27.2 Å². The summed E-state index contributed by atoms with van der Waals surface area (Å²) in [5.74, 6) is 1.37. The number of nitrogens with one attached hydrogen (secondary N) is 1. The minimum atomic E-state index is 0.243. The molecule has 1 heterocycles. The summed E-state index contributed by atoms with van der Waals surface area (Å²) in [6.45, 7) is 9.91. The van der Waals surface area contributed by atoms with Crippen molar-refractivity contribution in [2.45, 2.75) is 46.6 Å². The van der Waals surface area contributed by atoms with Crippen LogP contribution in [0.3, 0.4) is 0 Å². The first-order chi connectivity index (χ1) is 9.01. The van der Waals surface area contributed by atoms with Gasteiger partial charge in [-0.15, -0.1) is 0 Å². The van der Waals surface area contributed by atoms with E-state index in [-0.39, 0.29) is 6.04 Å². The van der Waals surface area contributed by atoms with Crippen LogP contribution in [0.15, 0.2) is 0 Å². The summed E-state index contributed by atoms with van der Waals surface area (Å²) in [5, 5.41) is 7.96. The Kier molecular flexibility index (Phi) is 6.15. The van der Waals surface area contributed by atoms with Gasteiger partial charge in [0, 0.05) is 13.7 Å². The number of nitrogens with two attached hydrogens (primary N) is 1. The number of rotatable bonds is 8. The normalized spacial score (nSPS) is 12.9. The number of hydrogen-bond donors (Lipinski definition) is 2. The topological polar surface area (TPSA) is 65.1 Å². The Morgan fingerprint density at radius 2 is 2.05 bits per heavy atom. The highest BCUT2D eigenvalue weighted by Crippen LogP contribution is 2.25. The van der Waals surface area contributed by atoms with Gasteiger partial charge in [-0.25, -0.2) is 0 Å². The molecular formula is C14H28N4O. The molecule has 19 heavy (non-hydrogen) atoms. The standard InChI is InChI=1S/C14H28N4O/c1-6-8-11-13(15)14(18(5)17-11)16-12(10(3)4)9-19-7-2/h10,12,16H,6-9,15H2,1-5H3. The third-order valence-electron chi connectivity index (χ3n) is 3.28. The quantitative estimate of drug-likeness (QED) is 0.760. The molecule has 1 atom stereocenters. The zero-order valence-electron chi connectivity index (χ0n) is 12.9. The molecule has 1 unspecified atom stereocenters. The SMILES string of the molecule is CCCc1nn(C)c(NC(COCC)C(C)C)c1N. The molecule has 1 rings (SSSR count). The van der Waals surface area contributed by atoms with Gasteiger partial charge in [-0.2, -0.15) is 5.10 Å². The fourth-order valence-electron chi connectivity index (χ4n) is 2.01. The molecule has 5 nitrogen and oxygen atoms in total. The first kappa shape index (κ1) is 15.8. The van der Waals surface area contributed by atoms with Gasteiger partial charge in [-0.3, -0.25) is 4.68 Å². The highest BCUT2D eigenvalue weighted by Gasteiger charge is 2.19. The largest absolute Gasteiger partial charge is 0.394 e. The molecule has 1 aromatic rings. The van der Waals surface area contributed by atoms with Crippen LogP contribution in [0.5, 0.6) is 0 Å². The lowest BCUT2D eigenvalue weighted by Gasteiger charge is -2.23. The molecular weight excluding hydrogens is 240 g/mol. The summed E-state index contributed by atoms with van der Waals surface area (Å²) >= 11 is 0. The van der Waals surface area contributed by atoms with E-state index >= 15 is 0 Å². The number of hydrogen-bond acceptors (Lipinski definition) is 4. The smallest absolute Gasteiger partial charge is 0.148 e. The van der Waals surface area contributed by atoms with Crippen LogP contribution >= 0.6 is 0 Å². The summed E-state index contributed by atoms with van der Waals surface area (Å²) in [6, 6.07) is 0.243. The predicted octanol–water partition coefficient (Wildman–Crippen LogP) is 2.43. The molecule has 0 amide bonds. The van der Waals surface area contributed by atoms with E-state index in [0.29, 0.717) is 12.5 Å². The van der Waals surface area contributed by atoms with Crippen LogP contribution in [0.1, 0.15) is 39.8 Å².